The van der Waals surface area contributed by atoms with Crippen LogP contribution in [0.25, 0.3) is 0 Å². The summed E-state index contributed by atoms with van der Waals surface area (Å²) in [5.74, 6) is 2.43. The van der Waals surface area contributed by atoms with Crippen LogP contribution in [0, 0.1) is 0 Å². The molecular weight excluding hydrogens is 338 g/mol. The van der Waals surface area contributed by atoms with Crippen LogP contribution in [0.2, 0.25) is 0 Å². The van der Waals surface area contributed by atoms with Crippen LogP contribution in [-0.2, 0) is 12.0 Å². The topological polar surface area (TPSA) is 41.9 Å². The highest BCUT2D eigenvalue weighted by Gasteiger charge is 2.52. The van der Waals surface area contributed by atoms with Gasteiger partial charge in [-0.2, -0.15) is 0 Å². The van der Waals surface area contributed by atoms with E-state index in [2.05, 4.69) is 24.0 Å². The van der Waals surface area contributed by atoms with E-state index in [1.807, 2.05) is 42.5 Å². The molecule has 2 aromatic rings. The summed E-state index contributed by atoms with van der Waals surface area (Å²) >= 11 is 0. The maximum absolute atomic E-state index is 10.2. The van der Waals surface area contributed by atoms with Gasteiger partial charge in [-0.05, 0) is 43.3 Å². The number of aliphatic hydroxyl groups excluding tert-OH is 1. The Bertz CT molecular complexity index is 879. The van der Waals surface area contributed by atoms with Crippen LogP contribution >= 0.6 is 0 Å². The SMILES string of the molecule is CCN1CC[C@@]23C=C[C@H](O)C[C@@H]2Oc2c(Oc4ccccc4)ccc(c23)C1. The van der Waals surface area contributed by atoms with Gasteiger partial charge in [0.25, 0.3) is 0 Å². The molecule has 0 saturated heterocycles. The molecule has 0 fully saturated rings. The largest absolute Gasteiger partial charge is 0.485 e. The summed E-state index contributed by atoms with van der Waals surface area (Å²) in [6.07, 6.45) is 5.30. The summed E-state index contributed by atoms with van der Waals surface area (Å²) in [7, 11) is 0. The van der Waals surface area contributed by atoms with E-state index < -0.39 is 6.10 Å². The molecule has 2 aromatic carbocycles. The van der Waals surface area contributed by atoms with Crippen molar-refractivity contribution in [2.24, 2.45) is 0 Å². The molecule has 27 heavy (non-hydrogen) atoms. The molecule has 1 N–H and O–H groups in total. The number of aliphatic hydroxyl groups is 1. The summed E-state index contributed by atoms with van der Waals surface area (Å²) < 4.78 is 12.7. The van der Waals surface area contributed by atoms with Crippen LogP contribution in [0.4, 0.5) is 0 Å². The summed E-state index contributed by atoms with van der Waals surface area (Å²) in [6, 6.07) is 14.1. The third kappa shape index (κ3) is 2.67. The average Bonchev–Trinajstić information content (AvgIpc) is 2.93. The van der Waals surface area contributed by atoms with Crippen molar-refractivity contribution in [3.8, 4) is 17.2 Å². The Morgan fingerprint density at radius 1 is 1.22 bits per heavy atom. The first-order chi connectivity index (χ1) is 13.2. The minimum Gasteiger partial charge on any atom is -0.485 e. The lowest BCUT2D eigenvalue weighted by atomic mass is 9.69. The Morgan fingerprint density at radius 3 is 2.89 bits per heavy atom. The molecule has 1 spiro atoms. The van der Waals surface area contributed by atoms with Crippen LogP contribution < -0.4 is 9.47 Å². The van der Waals surface area contributed by atoms with Crippen molar-refractivity contribution in [3.05, 3.63) is 65.7 Å². The van der Waals surface area contributed by atoms with Crippen molar-refractivity contribution in [3.63, 3.8) is 0 Å². The number of nitrogens with zero attached hydrogens (tertiary/aromatic N) is 1. The van der Waals surface area contributed by atoms with E-state index in [1.54, 1.807) is 0 Å². The molecule has 3 atom stereocenters. The minimum absolute atomic E-state index is 0.0384. The van der Waals surface area contributed by atoms with E-state index in [0.717, 1.165) is 43.3 Å². The number of benzene rings is 2. The molecule has 0 amide bonds. The average molecular weight is 363 g/mol. The monoisotopic (exact) mass is 363 g/mol. The van der Waals surface area contributed by atoms with Gasteiger partial charge in [0.15, 0.2) is 11.5 Å². The lowest BCUT2D eigenvalue weighted by molar-refractivity contribution is 0.0815. The predicted octanol–water partition coefficient (Wildman–Crippen LogP) is 4.02. The summed E-state index contributed by atoms with van der Waals surface area (Å²) in [4.78, 5) is 2.48. The van der Waals surface area contributed by atoms with Gasteiger partial charge in [-0.15, -0.1) is 0 Å². The van der Waals surface area contributed by atoms with Gasteiger partial charge in [-0.1, -0.05) is 43.3 Å². The van der Waals surface area contributed by atoms with Gasteiger partial charge in [0.05, 0.1) is 11.5 Å². The van der Waals surface area contributed by atoms with E-state index in [1.165, 1.54) is 11.1 Å². The van der Waals surface area contributed by atoms with E-state index in [9.17, 15) is 5.11 Å². The molecule has 0 unspecified atom stereocenters. The van der Waals surface area contributed by atoms with Gasteiger partial charge in [0, 0.05) is 18.5 Å². The number of hydrogen-bond donors (Lipinski definition) is 1. The molecular formula is C23H25NO3. The first kappa shape index (κ1) is 16.8. The van der Waals surface area contributed by atoms with Crippen LogP contribution in [-0.4, -0.2) is 35.3 Å². The molecule has 0 saturated carbocycles. The molecule has 2 aliphatic heterocycles. The molecule has 0 radical (unpaired) electrons. The summed E-state index contributed by atoms with van der Waals surface area (Å²) in [5.41, 5.74) is 2.41. The van der Waals surface area contributed by atoms with Gasteiger partial charge in [-0.25, -0.2) is 0 Å². The minimum atomic E-state index is -0.442. The van der Waals surface area contributed by atoms with E-state index >= 15 is 0 Å². The van der Waals surface area contributed by atoms with Crippen LogP contribution in [0.15, 0.2) is 54.6 Å². The Labute approximate surface area is 160 Å². The highest BCUT2D eigenvalue weighted by molar-refractivity contribution is 5.61. The second-order valence-corrected chi connectivity index (χ2v) is 7.77. The molecule has 4 nitrogen and oxygen atoms in total. The van der Waals surface area contributed by atoms with Crippen molar-refractivity contribution >= 4 is 0 Å². The highest BCUT2D eigenvalue weighted by atomic mass is 16.5. The fraction of sp³-hybridized carbons (Fsp3) is 0.391. The van der Waals surface area contributed by atoms with Crippen molar-refractivity contribution < 1.29 is 14.6 Å². The van der Waals surface area contributed by atoms with Gasteiger partial charge in [0.1, 0.15) is 11.9 Å². The summed E-state index contributed by atoms with van der Waals surface area (Å²) in [5, 5.41) is 10.2. The van der Waals surface area contributed by atoms with Crippen LogP contribution in [0.3, 0.4) is 0 Å². The maximum Gasteiger partial charge on any atom is 0.169 e. The Kier molecular flexibility index (Phi) is 3.99. The lowest BCUT2D eigenvalue weighted by Crippen LogP contribution is -2.43. The molecule has 3 aliphatic rings. The molecule has 140 valence electrons. The van der Waals surface area contributed by atoms with E-state index in [-0.39, 0.29) is 11.5 Å². The number of para-hydroxylation sites is 1. The Balaban J connectivity index is 1.64. The van der Waals surface area contributed by atoms with Gasteiger partial charge < -0.3 is 14.6 Å². The molecule has 5 rings (SSSR count). The second-order valence-electron chi connectivity index (χ2n) is 7.77. The summed E-state index contributed by atoms with van der Waals surface area (Å²) in [6.45, 7) is 5.20. The van der Waals surface area contributed by atoms with Crippen molar-refractivity contribution in [2.45, 2.75) is 43.9 Å². The zero-order chi connectivity index (χ0) is 18.4. The Morgan fingerprint density at radius 2 is 2.07 bits per heavy atom. The number of ether oxygens (including phenoxy) is 2. The number of hydrogen-bond acceptors (Lipinski definition) is 4. The van der Waals surface area contributed by atoms with Crippen molar-refractivity contribution in [2.75, 3.05) is 13.1 Å². The standard InChI is InChI=1S/C23H25NO3/c1-2-24-13-12-23-11-10-17(25)14-20(23)27-22-19(9-8-16(15-24)21(22)23)26-18-6-4-3-5-7-18/h3-11,17,20,25H,2,12-15H2,1H3/t17-,20-,23-/m0/s1. The molecule has 1 aliphatic carbocycles. The van der Waals surface area contributed by atoms with E-state index in [0.29, 0.717) is 6.42 Å². The fourth-order valence-electron chi connectivity index (χ4n) is 4.80. The van der Waals surface area contributed by atoms with Gasteiger partial charge in [0.2, 0.25) is 0 Å². The van der Waals surface area contributed by atoms with Crippen molar-refractivity contribution in [1.82, 2.24) is 4.90 Å². The van der Waals surface area contributed by atoms with Gasteiger partial charge >= 0.3 is 0 Å². The Hall–Kier alpha value is -2.30. The third-order valence-electron chi connectivity index (χ3n) is 6.23. The zero-order valence-electron chi connectivity index (χ0n) is 15.6. The smallest absolute Gasteiger partial charge is 0.169 e. The van der Waals surface area contributed by atoms with Crippen molar-refractivity contribution in [1.29, 1.82) is 0 Å². The van der Waals surface area contributed by atoms with Crippen LogP contribution in [0.5, 0.6) is 17.2 Å². The first-order valence-corrected chi connectivity index (χ1v) is 9.85. The quantitative estimate of drug-likeness (QED) is 0.836. The van der Waals surface area contributed by atoms with Gasteiger partial charge in [-0.3, -0.25) is 4.90 Å². The molecule has 0 bridgehead atoms. The van der Waals surface area contributed by atoms with E-state index in [4.69, 9.17) is 9.47 Å². The lowest BCUT2D eigenvalue weighted by Gasteiger charge is -2.35. The predicted molar refractivity (Wildman–Crippen MR) is 104 cm³/mol. The molecule has 2 heterocycles. The first-order valence-electron chi connectivity index (χ1n) is 9.85. The second kappa shape index (κ2) is 6.39. The highest BCUT2D eigenvalue weighted by Crippen LogP contribution is 2.56. The third-order valence-corrected chi connectivity index (χ3v) is 6.23. The molecule has 0 aromatic heterocycles. The normalized spacial score (nSPS) is 28.8. The molecule has 4 heteroatoms. The zero-order valence-corrected chi connectivity index (χ0v) is 15.6. The maximum atomic E-state index is 10.2. The fourth-order valence-corrected chi connectivity index (χ4v) is 4.80. The number of rotatable bonds is 3. The van der Waals surface area contributed by atoms with Crippen LogP contribution in [0.1, 0.15) is 30.9 Å².